The number of hydrogen-bond acceptors (Lipinski definition) is 6. The maximum Gasteiger partial charge on any atom is 0.321 e. The van der Waals surface area contributed by atoms with Gasteiger partial charge in [-0.15, -0.1) is 10.2 Å². The first-order valence-corrected chi connectivity index (χ1v) is 11.5. The zero-order valence-corrected chi connectivity index (χ0v) is 19.8. The van der Waals surface area contributed by atoms with Crippen molar-refractivity contribution >= 4 is 28.3 Å². The second-order valence-electron chi connectivity index (χ2n) is 8.28. The fraction of sp³-hybridized carbons (Fsp3) is 0.222. The van der Waals surface area contributed by atoms with Crippen molar-refractivity contribution in [2.45, 2.75) is 0 Å². The highest BCUT2D eigenvalue weighted by Gasteiger charge is 2.22. The van der Waals surface area contributed by atoms with Gasteiger partial charge in [0.2, 0.25) is 0 Å². The van der Waals surface area contributed by atoms with Crippen LogP contribution in [0.25, 0.3) is 22.0 Å². The molecule has 0 unspecified atom stereocenters. The molecule has 3 aromatic carbocycles. The smallest absolute Gasteiger partial charge is 0.321 e. The predicted molar refractivity (Wildman–Crippen MR) is 137 cm³/mol. The Morgan fingerprint density at radius 1 is 0.829 bits per heavy atom. The molecule has 8 heteroatoms. The number of anilines is 2. The van der Waals surface area contributed by atoms with Gasteiger partial charge >= 0.3 is 6.03 Å². The molecule has 0 atom stereocenters. The van der Waals surface area contributed by atoms with Gasteiger partial charge in [-0.3, -0.25) is 0 Å². The van der Waals surface area contributed by atoms with E-state index in [0.717, 1.165) is 22.5 Å². The number of aromatic nitrogens is 2. The van der Waals surface area contributed by atoms with E-state index in [0.29, 0.717) is 43.4 Å². The van der Waals surface area contributed by atoms with Crippen LogP contribution in [0, 0.1) is 0 Å². The molecule has 1 aliphatic heterocycles. The van der Waals surface area contributed by atoms with Crippen molar-refractivity contribution in [3.8, 4) is 22.8 Å². The Morgan fingerprint density at radius 3 is 2.34 bits per heavy atom. The average Bonchev–Trinajstić information content (AvgIpc) is 2.93. The molecule has 2 heterocycles. The number of piperazine rings is 1. The Labute approximate surface area is 204 Å². The maximum atomic E-state index is 12.8. The lowest BCUT2D eigenvalue weighted by Crippen LogP contribution is -2.50. The number of carbonyl (C=O) groups excluding carboxylic acids is 1. The van der Waals surface area contributed by atoms with E-state index in [9.17, 15) is 4.79 Å². The molecular formula is C27H27N5O3. The van der Waals surface area contributed by atoms with Crippen LogP contribution in [-0.4, -0.2) is 61.5 Å². The second kappa shape index (κ2) is 9.89. The Morgan fingerprint density at radius 2 is 1.60 bits per heavy atom. The third-order valence-corrected chi connectivity index (χ3v) is 6.24. The highest BCUT2D eigenvalue weighted by atomic mass is 16.5. The molecule has 0 saturated carbocycles. The Balaban J connectivity index is 1.21. The summed E-state index contributed by atoms with van der Waals surface area (Å²) in [6.45, 7) is 2.54. The van der Waals surface area contributed by atoms with E-state index in [1.54, 1.807) is 37.3 Å². The Hall–Kier alpha value is -4.33. The largest absolute Gasteiger partial charge is 0.493 e. The lowest BCUT2D eigenvalue weighted by molar-refractivity contribution is 0.208. The van der Waals surface area contributed by atoms with Gasteiger partial charge in [-0.05, 0) is 35.0 Å². The maximum absolute atomic E-state index is 12.8. The normalized spacial score (nSPS) is 13.5. The van der Waals surface area contributed by atoms with Gasteiger partial charge in [0.25, 0.3) is 0 Å². The van der Waals surface area contributed by atoms with Crippen LogP contribution in [0.2, 0.25) is 0 Å². The fourth-order valence-corrected chi connectivity index (χ4v) is 4.34. The van der Waals surface area contributed by atoms with Crippen LogP contribution >= 0.6 is 0 Å². The van der Waals surface area contributed by atoms with Gasteiger partial charge in [-0.2, -0.15) is 0 Å². The zero-order chi connectivity index (χ0) is 24.2. The summed E-state index contributed by atoms with van der Waals surface area (Å²) in [6, 6.07) is 23.7. The van der Waals surface area contributed by atoms with E-state index in [2.05, 4.69) is 44.7 Å². The van der Waals surface area contributed by atoms with Crippen molar-refractivity contribution in [3.05, 3.63) is 72.8 Å². The number of nitrogens with one attached hydrogen (secondary N) is 1. The number of rotatable bonds is 5. The number of fused-ring (bicyclic) bond motifs is 1. The first-order valence-electron chi connectivity index (χ1n) is 11.5. The summed E-state index contributed by atoms with van der Waals surface area (Å²) in [4.78, 5) is 16.7. The summed E-state index contributed by atoms with van der Waals surface area (Å²) in [5.74, 6) is 2.00. The van der Waals surface area contributed by atoms with E-state index >= 15 is 0 Å². The average molecular weight is 470 g/mol. The number of methoxy groups -OCH3 is 2. The highest BCUT2D eigenvalue weighted by Crippen LogP contribution is 2.30. The third kappa shape index (κ3) is 4.68. The third-order valence-electron chi connectivity index (χ3n) is 6.24. The summed E-state index contributed by atoms with van der Waals surface area (Å²) in [6.07, 6.45) is 0. The van der Waals surface area contributed by atoms with Crippen molar-refractivity contribution in [2.75, 3.05) is 50.6 Å². The van der Waals surface area contributed by atoms with E-state index in [4.69, 9.17) is 9.47 Å². The van der Waals surface area contributed by atoms with Crippen molar-refractivity contribution in [1.29, 1.82) is 0 Å². The lowest BCUT2D eigenvalue weighted by Gasteiger charge is -2.35. The summed E-state index contributed by atoms with van der Waals surface area (Å²) in [5, 5.41) is 14.3. The predicted octanol–water partition coefficient (Wildman–Crippen LogP) is 4.67. The van der Waals surface area contributed by atoms with E-state index in [-0.39, 0.29) is 6.03 Å². The summed E-state index contributed by atoms with van der Waals surface area (Å²) < 4.78 is 10.6. The summed E-state index contributed by atoms with van der Waals surface area (Å²) in [7, 11) is 3.15. The molecule has 1 saturated heterocycles. The summed E-state index contributed by atoms with van der Waals surface area (Å²) in [5.41, 5.74) is 2.57. The number of amides is 2. The molecule has 2 amide bonds. The standard InChI is InChI=1S/C27H27N5O3/c1-34-24-12-10-20(18-25(24)35-2)28-27(33)32-16-14-31(15-17-32)26-13-11-23(29-30-26)22-9-5-7-19-6-3-4-8-21(19)22/h3-13,18H,14-17H2,1-2H3,(H,28,33). The van der Waals surface area contributed by atoms with Crippen LogP contribution in [0.5, 0.6) is 11.5 Å². The molecule has 35 heavy (non-hydrogen) atoms. The number of hydrogen-bond donors (Lipinski definition) is 1. The minimum absolute atomic E-state index is 0.144. The molecule has 1 fully saturated rings. The van der Waals surface area contributed by atoms with Gasteiger partial charge in [0.05, 0.1) is 19.9 Å². The van der Waals surface area contributed by atoms with E-state index in [1.807, 2.05) is 30.3 Å². The first-order chi connectivity index (χ1) is 17.2. The molecule has 178 valence electrons. The zero-order valence-electron chi connectivity index (χ0n) is 19.8. The first kappa shape index (κ1) is 22.5. The van der Waals surface area contributed by atoms with Crippen molar-refractivity contribution < 1.29 is 14.3 Å². The molecule has 4 aromatic rings. The quantitative estimate of drug-likeness (QED) is 0.458. The molecular weight excluding hydrogens is 442 g/mol. The minimum Gasteiger partial charge on any atom is -0.493 e. The molecule has 8 nitrogen and oxygen atoms in total. The second-order valence-corrected chi connectivity index (χ2v) is 8.28. The van der Waals surface area contributed by atoms with Crippen LogP contribution < -0.4 is 19.7 Å². The Bertz CT molecular complexity index is 1330. The van der Waals surface area contributed by atoms with Crippen LogP contribution in [0.3, 0.4) is 0 Å². The highest BCUT2D eigenvalue weighted by molar-refractivity contribution is 5.95. The Kier molecular flexibility index (Phi) is 6.34. The number of urea groups is 1. The van der Waals surface area contributed by atoms with Gasteiger partial charge in [-0.25, -0.2) is 4.79 Å². The SMILES string of the molecule is COc1ccc(NC(=O)N2CCN(c3ccc(-c4cccc5ccccc45)nn3)CC2)cc1OC. The molecule has 1 N–H and O–H groups in total. The van der Waals surface area contributed by atoms with Gasteiger partial charge in [0, 0.05) is 43.5 Å². The molecule has 1 aliphatic rings. The van der Waals surface area contributed by atoms with Gasteiger partial charge in [-0.1, -0.05) is 42.5 Å². The molecule has 1 aromatic heterocycles. The molecule has 0 spiro atoms. The number of nitrogens with zero attached hydrogens (tertiary/aromatic N) is 4. The molecule has 0 aliphatic carbocycles. The molecule has 5 rings (SSSR count). The minimum atomic E-state index is -0.144. The van der Waals surface area contributed by atoms with Crippen molar-refractivity contribution in [1.82, 2.24) is 15.1 Å². The molecule has 0 radical (unpaired) electrons. The number of ether oxygens (including phenoxy) is 2. The van der Waals surface area contributed by atoms with Crippen LogP contribution in [0.4, 0.5) is 16.3 Å². The lowest BCUT2D eigenvalue weighted by atomic mass is 10.0. The van der Waals surface area contributed by atoms with Gasteiger partial charge in [0.15, 0.2) is 17.3 Å². The van der Waals surface area contributed by atoms with Crippen LogP contribution in [0.1, 0.15) is 0 Å². The van der Waals surface area contributed by atoms with Gasteiger partial charge in [0.1, 0.15) is 0 Å². The monoisotopic (exact) mass is 469 g/mol. The van der Waals surface area contributed by atoms with E-state index in [1.165, 1.54) is 5.39 Å². The topological polar surface area (TPSA) is 79.8 Å². The van der Waals surface area contributed by atoms with Crippen LogP contribution in [0.15, 0.2) is 72.8 Å². The van der Waals surface area contributed by atoms with Crippen molar-refractivity contribution in [2.24, 2.45) is 0 Å². The number of carbonyl (C=O) groups is 1. The molecule has 0 bridgehead atoms. The number of benzene rings is 3. The summed E-state index contributed by atoms with van der Waals surface area (Å²) >= 11 is 0. The van der Waals surface area contributed by atoms with Crippen molar-refractivity contribution in [3.63, 3.8) is 0 Å². The van der Waals surface area contributed by atoms with Gasteiger partial charge < -0.3 is 24.6 Å². The van der Waals surface area contributed by atoms with Crippen LogP contribution in [-0.2, 0) is 0 Å². The van der Waals surface area contributed by atoms with E-state index < -0.39 is 0 Å². The fourth-order valence-electron chi connectivity index (χ4n) is 4.34.